The average Bonchev–Trinajstić information content (AvgIpc) is 2.22. The molecule has 1 saturated carbocycles. The molecule has 0 N–H and O–H groups in total. The van der Waals surface area contributed by atoms with Crippen molar-refractivity contribution in [3.63, 3.8) is 0 Å². The maximum atomic E-state index is 5.93. The molecule has 84 valence electrons. The number of hydrogen-bond acceptors (Lipinski definition) is 2. The molecule has 0 radical (unpaired) electrons. The van der Waals surface area contributed by atoms with Crippen molar-refractivity contribution >= 4 is 12.6 Å². The summed E-state index contributed by atoms with van der Waals surface area (Å²) < 4.78 is 5.93. The predicted octanol–water partition coefficient (Wildman–Crippen LogP) is 3.54. The van der Waals surface area contributed by atoms with Crippen LogP contribution in [0.15, 0.2) is 0 Å². The molecule has 1 aliphatic rings. The molecule has 2 heteroatoms. The number of thiol groups is 1. The maximum Gasteiger partial charge on any atom is 0.0575 e. The quantitative estimate of drug-likeness (QED) is 0.692. The van der Waals surface area contributed by atoms with Crippen LogP contribution in [-0.2, 0) is 4.74 Å². The Morgan fingerprint density at radius 3 is 2.43 bits per heavy atom. The van der Waals surface area contributed by atoms with E-state index in [2.05, 4.69) is 26.5 Å². The summed E-state index contributed by atoms with van der Waals surface area (Å²) in [6.07, 6.45) is 6.96. The Labute approximate surface area is 94.0 Å². The molecule has 0 spiro atoms. The monoisotopic (exact) mass is 216 g/mol. The van der Waals surface area contributed by atoms with E-state index in [0.717, 1.165) is 18.3 Å². The highest BCUT2D eigenvalue weighted by Crippen LogP contribution is 2.26. The summed E-state index contributed by atoms with van der Waals surface area (Å²) in [6, 6.07) is 0. The van der Waals surface area contributed by atoms with Gasteiger partial charge in [0.05, 0.1) is 12.7 Å². The van der Waals surface area contributed by atoms with Gasteiger partial charge >= 0.3 is 0 Å². The summed E-state index contributed by atoms with van der Waals surface area (Å²) in [5.41, 5.74) is 0. The number of ether oxygens (including phenoxy) is 1. The number of hydrogen-bond donors (Lipinski definition) is 1. The summed E-state index contributed by atoms with van der Waals surface area (Å²) in [5.74, 6) is 2.53. The summed E-state index contributed by atoms with van der Waals surface area (Å²) in [6.45, 7) is 5.48. The third kappa shape index (κ3) is 4.22. The van der Waals surface area contributed by atoms with Crippen molar-refractivity contribution < 1.29 is 4.74 Å². The molecule has 0 bridgehead atoms. The van der Waals surface area contributed by atoms with E-state index in [-0.39, 0.29) is 0 Å². The number of rotatable bonds is 5. The first-order valence-electron chi connectivity index (χ1n) is 5.98. The fourth-order valence-corrected chi connectivity index (χ4v) is 2.33. The van der Waals surface area contributed by atoms with Crippen molar-refractivity contribution in [1.82, 2.24) is 0 Å². The molecule has 1 atom stereocenters. The van der Waals surface area contributed by atoms with Crippen molar-refractivity contribution in [2.75, 3.05) is 12.4 Å². The second-order valence-electron chi connectivity index (χ2n) is 4.67. The Morgan fingerprint density at radius 1 is 1.29 bits per heavy atom. The minimum atomic E-state index is 0.542. The van der Waals surface area contributed by atoms with E-state index >= 15 is 0 Å². The van der Waals surface area contributed by atoms with Gasteiger partial charge in [-0.2, -0.15) is 12.6 Å². The molecule has 1 rings (SSSR count). The van der Waals surface area contributed by atoms with Crippen LogP contribution >= 0.6 is 12.6 Å². The highest BCUT2D eigenvalue weighted by atomic mass is 32.1. The topological polar surface area (TPSA) is 9.23 Å². The van der Waals surface area contributed by atoms with Crippen molar-refractivity contribution in [2.24, 2.45) is 11.8 Å². The van der Waals surface area contributed by atoms with E-state index in [0.29, 0.717) is 12.0 Å². The van der Waals surface area contributed by atoms with Gasteiger partial charge in [0.15, 0.2) is 0 Å². The van der Waals surface area contributed by atoms with E-state index in [1.807, 2.05) is 0 Å². The molecule has 1 fully saturated rings. The second-order valence-corrected chi connectivity index (χ2v) is 5.04. The fraction of sp³-hybridized carbons (Fsp3) is 1.00. The lowest BCUT2D eigenvalue weighted by atomic mass is 9.89. The van der Waals surface area contributed by atoms with Crippen molar-refractivity contribution in [2.45, 2.75) is 52.1 Å². The van der Waals surface area contributed by atoms with Crippen molar-refractivity contribution in [3.05, 3.63) is 0 Å². The first kappa shape index (κ1) is 12.4. The van der Waals surface area contributed by atoms with Gasteiger partial charge in [0, 0.05) is 0 Å². The highest BCUT2D eigenvalue weighted by Gasteiger charge is 2.19. The van der Waals surface area contributed by atoms with Crippen LogP contribution < -0.4 is 0 Å². The van der Waals surface area contributed by atoms with Crippen LogP contribution in [0, 0.1) is 11.8 Å². The third-order valence-corrected chi connectivity index (χ3v) is 3.88. The molecule has 0 heterocycles. The lowest BCUT2D eigenvalue weighted by Gasteiger charge is -2.27. The minimum absolute atomic E-state index is 0.542. The van der Waals surface area contributed by atoms with E-state index < -0.39 is 0 Å². The zero-order valence-electron chi connectivity index (χ0n) is 9.54. The van der Waals surface area contributed by atoms with Crippen LogP contribution in [-0.4, -0.2) is 18.5 Å². The predicted molar refractivity (Wildman–Crippen MR) is 65.0 cm³/mol. The van der Waals surface area contributed by atoms with Crippen LogP contribution in [0.4, 0.5) is 0 Å². The van der Waals surface area contributed by atoms with Gasteiger partial charge in [0.1, 0.15) is 0 Å². The van der Waals surface area contributed by atoms with Gasteiger partial charge in [-0.25, -0.2) is 0 Å². The lowest BCUT2D eigenvalue weighted by molar-refractivity contribution is 0.00373. The molecule has 1 unspecified atom stereocenters. The Balaban J connectivity index is 2.12. The average molecular weight is 216 g/mol. The molecule has 0 aliphatic heterocycles. The first-order valence-corrected chi connectivity index (χ1v) is 6.62. The van der Waals surface area contributed by atoms with Gasteiger partial charge in [-0.15, -0.1) is 0 Å². The Hall–Kier alpha value is 0.310. The zero-order valence-corrected chi connectivity index (χ0v) is 10.4. The standard InChI is InChI=1S/C12H24OS/c1-3-11(9-14)8-13-12-6-4-10(2)5-7-12/h10-12,14H,3-9H2,1-2H3. The molecule has 0 saturated heterocycles. The van der Waals surface area contributed by atoms with Gasteiger partial charge in [-0.1, -0.05) is 20.3 Å². The SMILES string of the molecule is CCC(CS)COC1CCC(C)CC1. The van der Waals surface area contributed by atoms with Crippen LogP contribution in [0.25, 0.3) is 0 Å². The normalized spacial score (nSPS) is 30.2. The molecule has 0 amide bonds. The van der Waals surface area contributed by atoms with Crippen LogP contribution in [0.3, 0.4) is 0 Å². The molecule has 0 aromatic heterocycles. The summed E-state index contributed by atoms with van der Waals surface area (Å²) in [7, 11) is 0. The van der Waals surface area contributed by atoms with Gasteiger partial charge < -0.3 is 4.74 Å². The molecular weight excluding hydrogens is 192 g/mol. The molecule has 0 aromatic rings. The molecule has 1 nitrogen and oxygen atoms in total. The molecule has 1 aliphatic carbocycles. The smallest absolute Gasteiger partial charge is 0.0575 e. The van der Waals surface area contributed by atoms with E-state index in [9.17, 15) is 0 Å². The fourth-order valence-electron chi connectivity index (χ4n) is 1.97. The largest absolute Gasteiger partial charge is 0.378 e. The van der Waals surface area contributed by atoms with Gasteiger partial charge in [-0.3, -0.25) is 0 Å². The Morgan fingerprint density at radius 2 is 1.93 bits per heavy atom. The van der Waals surface area contributed by atoms with Gasteiger partial charge in [0.2, 0.25) is 0 Å². The summed E-state index contributed by atoms with van der Waals surface area (Å²) in [5, 5.41) is 0. The first-order chi connectivity index (χ1) is 6.76. The van der Waals surface area contributed by atoms with Gasteiger partial charge in [0.25, 0.3) is 0 Å². The van der Waals surface area contributed by atoms with Crippen molar-refractivity contribution in [3.8, 4) is 0 Å². The van der Waals surface area contributed by atoms with E-state index in [4.69, 9.17) is 4.74 Å². The van der Waals surface area contributed by atoms with Crippen molar-refractivity contribution in [1.29, 1.82) is 0 Å². The Bertz CT molecular complexity index is 137. The highest BCUT2D eigenvalue weighted by molar-refractivity contribution is 7.80. The lowest BCUT2D eigenvalue weighted by Crippen LogP contribution is -2.23. The molecule has 0 aromatic carbocycles. The zero-order chi connectivity index (χ0) is 10.4. The second kappa shape index (κ2) is 6.73. The van der Waals surface area contributed by atoms with E-state index in [1.165, 1.54) is 32.1 Å². The Kier molecular flexibility index (Phi) is 5.95. The molecular formula is C12H24OS. The van der Waals surface area contributed by atoms with Gasteiger partial charge in [-0.05, 0) is 43.3 Å². The van der Waals surface area contributed by atoms with Crippen LogP contribution in [0.1, 0.15) is 46.0 Å². The summed E-state index contributed by atoms with van der Waals surface area (Å²) in [4.78, 5) is 0. The third-order valence-electron chi connectivity index (χ3n) is 3.37. The molecule has 14 heavy (non-hydrogen) atoms. The minimum Gasteiger partial charge on any atom is -0.378 e. The van der Waals surface area contributed by atoms with Crippen LogP contribution in [0.2, 0.25) is 0 Å². The van der Waals surface area contributed by atoms with Crippen LogP contribution in [0.5, 0.6) is 0 Å². The summed E-state index contributed by atoms with van der Waals surface area (Å²) >= 11 is 4.33. The maximum absolute atomic E-state index is 5.93. The van der Waals surface area contributed by atoms with E-state index in [1.54, 1.807) is 0 Å².